The molecule has 1 aromatic carbocycles. The van der Waals surface area contributed by atoms with E-state index in [9.17, 15) is 32.3 Å². The lowest BCUT2D eigenvalue weighted by Crippen LogP contribution is -2.56. The molecule has 0 bridgehead atoms. The number of nitrogens with one attached hydrogen (secondary N) is 3. The first-order valence-corrected chi connectivity index (χ1v) is 13.4. The van der Waals surface area contributed by atoms with Crippen LogP contribution in [-0.2, 0) is 20.6 Å². The Balaban J connectivity index is 0.00000924. The Labute approximate surface area is 265 Å². The van der Waals surface area contributed by atoms with Gasteiger partial charge in [0.1, 0.15) is 17.7 Å². The number of hydrogen-bond acceptors (Lipinski definition) is 7. The maximum atomic E-state index is 13.4. The van der Waals surface area contributed by atoms with Crippen LogP contribution in [0.5, 0.6) is 0 Å². The van der Waals surface area contributed by atoms with Crippen LogP contribution in [0.15, 0.2) is 38.5 Å². The molecule has 0 aliphatic carbocycles. The van der Waals surface area contributed by atoms with Gasteiger partial charge in [-0.05, 0) is 43.2 Å². The number of fused-ring (bicyclic) bond motifs is 1. The molecular weight excluding hydrogens is 630 g/mol. The van der Waals surface area contributed by atoms with Gasteiger partial charge in [0, 0.05) is 29.8 Å². The van der Waals surface area contributed by atoms with Crippen molar-refractivity contribution in [1.29, 1.82) is 0 Å². The number of alkyl halides is 3. The average molecular weight is 671 g/mol. The number of anilines is 1. The van der Waals surface area contributed by atoms with Crippen LogP contribution in [-0.4, -0.2) is 48.4 Å². The number of carbonyl (C=O) groups excluding carboxylic acids is 3. The first-order valence-electron chi connectivity index (χ1n) is 13.4. The molecule has 0 spiro atoms. The monoisotopic (exact) mass is 669 g/mol. The van der Waals surface area contributed by atoms with E-state index in [2.05, 4.69) is 20.9 Å². The van der Waals surface area contributed by atoms with Gasteiger partial charge < -0.3 is 37.6 Å². The number of amides is 3. The lowest BCUT2D eigenvalue weighted by atomic mass is 10.00. The number of aliphatic imine (C=N–C) groups is 1. The summed E-state index contributed by atoms with van der Waals surface area (Å²) in [5.41, 5.74) is 13.9. The van der Waals surface area contributed by atoms with Crippen molar-refractivity contribution in [3.63, 3.8) is 0 Å². The molecule has 0 aliphatic rings. The fourth-order valence-electron chi connectivity index (χ4n) is 4.02. The van der Waals surface area contributed by atoms with Gasteiger partial charge in [0.2, 0.25) is 17.7 Å². The van der Waals surface area contributed by atoms with E-state index >= 15 is 0 Å². The number of guanidine groups is 1. The minimum atomic E-state index is -4.80. The molecule has 0 fully saturated rings. The van der Waals surface area contributed by atoms with Crippen molar-refractivity contribution in [3.05, 3.63) is 40.2 Å². The summed E-state index contributed by atoms with van der Waals surface area (Å²) in [6.45, 7) is 7.40. The summed E-state index contributed by atoms with van der Waals surface area (Å²) >= 11 is 0. The van der Waals surface area contributed by atoms with E-state index in [0.717, 1.165) is 12.1 Å². The molecule has 0 saturated carbocycles. The number of hydrogen-bond donors (Lipinski definition) is 6. The van der Waals surface area contributed by atoms with Crippen LogP contribution < -0.4 is 38.8 Å². The van der Waals surface area contributed by atoms with Crippen LogP contribution in [0, 0.1) is 11.8 Å². The predicted molar refractivity (Wildman–Crippen MR) is 167 cm³/mol. The topological polar surface area (TPSA) is 208 Å². The highest BCUT2D eigenvalue weighted by molar-refractivity contribution is 5.99. The second-order valence-electron chi connectivity index (χ2n) is 10.6. The number of carbonyl (C=O) groups is 3. The van der Waals surface area contributed by atoms with Gasteiger partial charge >= 0.3 is 11.8 Å². The summed E-state index contributed by atoms with van der Waals surface area (Å²) in [6.07, 6.45) is -4.19. The van der Waals surface area contributed by atoms with Crippen molar-refractivity contribution in [1.82, 2.24) is 10.6 Å². The van der Waals surface area contributed by atoms with Gasteiger partial charge in [-0.3, -0.25) is 19.4 Å². The first kappa shape index (κ1) is 40.4. The average Bonchev–Trinajstić information content (AvgIpc) is 2.87. The van der Waals surface area contributed by atoms with Gasteiger partial charge in [-0.25, -0.2) is 4.79 Å². The first-order chi connectivity index (χ1) is 19.5. The molecule has 3 amide bonds. The third kappa shape index (κ3) is 12.2. The Morgan fingerprint density at radius 1 is 0.955 bits per heavy atom. The van der Waals surface area contributed by atoms with E-state index in [4.69, 9.17) is 21.6 Å². The molecule has 44 heavy (non-hydrogen) atoms. The van der Waals surface area contributed by atoms with Gasteiger partial charge in [-0.2, -0.15) is 13.2 Å². The lowest BCUT2D eigenvalue weighted by Gasteiger charge is -2.26. The van der Waals surface area contributed by atoms with Crippen LogP contribution in [0.25, 0.3) is 11.0 Å². The molecule has 17 heteroatoms. The molecule has 3 unspecified atom stereocenters. The normalized spacial score (nSPS) is 13.2. The van der Waals surface area contributed by atoms with Gasteiger partial charge in [0.25, 0.3) is 0 Å². The highest BCUT2D eigenvalue weighted by atomic mass is 35.5. The highest BCUT2D eigenvalue weighted by Gasteiger charge is 2.34. The standard InChI is InChI=1S/C27H38F3N7O5.2ClH/c1-13(2)10-19(37-25(41)22(31)14(3)4)24(40)36-18(6-5-9-34-26(32)33)23(39)35-15-7-8-16-17(27(28,29)30)12-21(38)42-20(16)11-15;;/h7-8,11-14,18-19,22H,5-6,9-10,31H2,1-4H3,(H,35,39)(H,36,40)(H,37,41)(H4,32,33,34);2*1H. The van der Waals surface area contributed by atoms with Crippen molar-refractivity contribution in [2.24, 2.45) is 34.0 Å². The second-order valence-corrected chi connectivity index (χ2v) is 10.6. The van der Waals surface area contributed by atoms with Crippen LogP contribution >= 0.6 is 24.8 Å². The molecule has 3 atom stereocenters. The Bertz CT molecular complexity index is 1370. The third-order valence-corrected chi connectivity index (χ3v) is 6.26. The number of rotatable bonds is 13. The fourth-order valence-corrected chi connectivity index (χ4v) is 4.02. The van der Waals surface area contributed by atoms with E-state index in [0.29, 0.717) is 6.07 Å². The second kappa shape index (κ2) is 17.7. The van der Waals surface area contributed by atoms with Gasteiger partial charge in [0.05, 0.1) is 11.6 Å². The van der Waals surface area contributed by atoms with Crippen LogP contribution in [0.4, 0.5) is 18.9 Å². The molecule has 12 nitrogen and oxygen atoms in total. The molecule has 2 aromatic rings. The van der Waals surface area contributed by atoms with Crippen molar-refractivity contribution in [2.45, 2.75) is 71.3 Å². The van der Waals surface area contributed by atoms with Crippen molar-refractivity contribution in [3.8, 4) is 0 Å². The van der Waals surface area contributed by atoms with E-state index < -0.39 is 53.2 Å². The number of halogens is 5. The fraction of sp³-hybridized carbons (Fsp3) is 0.519. The Kier molecular flexibility index (Phi) is 16.2. The van der Waals surface area contributed by atoms with Crippen molar-refractivity contribution < 1.29 is 32.0 Å². The third-order valence-electron chi connectivity index (χ3n) is 6.26. The smallest absolute Gasteiger partial charge is 0.417 e. The summed E-state index contributed by atoms with van der Waals surface area (Å²) in [4.78, 5) is 54.8. The molecule has 9 N–H and O–H groups in total. The van der Waals surface area contributed by atoms with E-state index in [-0.39, 0.29) is 85.1 Å². The lowest BCUT2D eigenvalue weighted by molar-refractivity contribution is -0.136. The summed E-state index contributed by atoms with van der Waals surface area (Å²) in [5, 5.41) is 7.46. The SMILES string of the molecule is CC(C)CC(NC(=O)C(N)C(C)C)C(=O)NC(CCCN=C(N)N)C(=O)Nc1ccc2c(C(F)(F)F)cc(=O)oc2c1.Cl.Cl. The Morgan fingerprint density at radius 3 is 2.11 bits per heavy atom. The Hall–Kier alpha value is -3.56. The van der Waals surface area contributed by atoms with Crippen LogP contribution in [0.2, 0.25) is 0 Å². The molecule has 1 aromatic heterocycles. The van der Waals surface area contributed by atoms with Gasteiger partial charge in [0.15, 0.2) is 5.96 Å². The minimum absolute atomic E-state index is 0. The zero-order valence-electron chi connectivity index (χ0n) is 24.7. The Morgan fingerprint density at radius 2 is 1.57 bits per heavy atom. The predicted octanol–water partition coefficient (Wildman–Crippen LogP) is 2.65. The highest BCUT2D eigenvalue weighted by Crippen LogP contribution is 2.34. The van der Waals surface area contributed by atoms with Crippen LogP contribution in [0.1, 0.15) is 52.5 Å². The maximum Gasteiger partial charge on any atom is 0.417 e. The molecule has 2 rings (SSSR count). The summed E-state index contributed by atoms with van der Waals surface area (Å²) in [7, 11) is 0. The van der Waals surface area contributed by atoms with Gasteiger partial charge in [-0.15, -0.1) is 24.8 Å². The van der Waals surface area contributed by atoms with Crippen molar-refractivity contribution >= 4 is 65.2 Å². The molecule has 0 saturated heterocycles. The number of nitrogens with zero attached hydrogens (tertiary/aromatic N) is 1. The van der Waals surface area contributed by atoms with Crippen molar-refractivity contribution in [2.75, 3.05) is 11.9 Å². The zero-order chi connectivity index (χ0) is 31.8. The largest absolute Gasteiger partial charge is 0.423 e. The van der Waals surface area contributed by atoms with E-state index in [1.165, 1.54) is 6.07 Å². The quantitative estimate of drug-likeness (QED) is 0.0806. The minimum Gasteiger partial charge on any atom is -0.423 e. The number of benzene rings is 1. The molecule has 1 heterocycles. The zero-order valence-corrected chi connectivity index (χ0v) is 26.3. The van der Waals surface area contributed by atoms with Gasteiger partial charge in [-0.1, -0.05) is 27.7 Å². The van der Waals surface area contributed by atoms with E-state index in [1.807, 2.05) is 13.8 Å². The van der Waals surface area contributed by atoms with Crippen LogP contribution in [0.3, 0.4) is 0 Å². The molecular formula is C27H40Cl2F3N7O5. The molecule has 248 valence electrons. The summed E-state index contributed by atoms with van der Waals surface area (Å²) < 4.78 is 45.1. The van der Waals surface area contributed by atoms with E-state index in [1.54, 1.807) is 13.8 Å². The summed E-state index contributed by atoms with van der Waals surface area (Å²) in [6, 6.07) is 0.711. The number of nitrogens with two attached hydrogens (primary N) is 3. The molecule has 0 aliphatic heterocycles. The molecule has 0 radical (unpaired) electrons. The summed E-state index contributed by atoms with van der Waals surface area (Å²) in [5.74, 6) is -2.20. The maximum absolute atomic E-state index is 13.4.